The monoisotopic (exact) mass is 233 g/mol. The highest BCUT2D eigenvalue weighted by Crippen LogP contribution is 2.26. The topological polar surface area (TPSA) is 33.1 Å². The van der Waals surface area contributed by atoms with E-state index in [9.17, 15) is 0 Å². The summed E-state index contributed by atoms with van der Waals surface area (Å²) in [6.07, 6.45) is 3.64. The Morgan fingerprint density at radius 3 is 2.91 bits per heavy atom. The molecule has 60 valence electrons. The van der Waals surface area contributed by atoms with E-state index in [0.717, 1.165) is 15.1 Å². The molecule has 0 fully saturated rings. The lowest BCUT2D eigenvalue weighted by Crippen LogP contribution is -1.89. The molecule has 0 unspecified atom stereocenters. The smallest absolute Gasteiger partial charge is 0.119 e. The third-order valence-electron chi connectivity index (χ3n) is 1.32. The Hall–Kier alpha value is -0.0600. The van der Waals surface area contributed by atoms with E-state index in [1.165, 1.54) is 0 Å². The number of aliphatic hydroxyl groups is 1. The third-order valence-corrected chi connectivity index (χ3v) is 3.04. The molecule has 0 aromatic carbocycles. The molecule has 2 nitrogen and oxygen atoms in total. The average Bonchev–Trinajstić information content (AvgIpc) is 2.04. The molecule has 0 aliphatic carbocycles. The lowest BCUT2D eigenvalue weighted by Gasteiger charge is -2.04. The van der Waals surface area contributed by atoms with Gasteiger partial charge in [-0.15, -0.1) is 11.8 Å². The fraction of sp³-hybridized carbons (Fsp3) is 0.286. The minimum Gasteiger partial charge on any atom is -0.392 e. The van der Waals surface area contributed by atoms with Gasteiger partial charge in [0.15, 0.2) is 0 Å². The summed E-state index contributed by atoms with van der Waals surface area (Å²) in [7, 11) is 0. The van der Waals surface area contributed by atoms with Crippen molar-refractivity contribution >= 4 is 27.7 Å². The zero-order valence-corrected chi connectivity index (χ0v) is 8.44. The molecule has 11 heavy (non-hydrogen) atoms. The first-order chi connectivity index (χ1) is 5.29. The Kier molecular flexibility index (Phi) is 3.36. The molecule has 0 radical (unpaired) electrons. The maximum absolute atomic E-state index is 8.91. The van der Waals surface area contributed by atoms with Gasteiger partial charge < -0.3 is 5.11 Å². The predicted molar refractivity (Wildman–Crippen MR) is 49.6 cm³/mol. The maximum atomic E-state index is 8.91. The number of hydrogen-bond acceptors (Lipinski definition) is 3. The maximum Gasteiger partial charge on any atom is 0.119 e. The van der Waals surface area contributed by atoms with Gasteiger partial charge in [0.1, 0.15) is 4.60 Å². The minimum absolute atomic E-state index is 0.0668. The Morgan fingerprint density at radius 1 is 1.73 bits per heavy atom. The van der Waals surface area contributed by atoms with Crippen LogP contribution in [0.25, 0.3) is 0 Å². The van der Waals surface area contributed by atoms with E-state index in [2.05, 4.69) is 20.9 Å². The van der Waals surface area contributed by atoms with Crippen LogP contribution in [0.3, 0.4) is 0 Å². The molecule has 4 heteroatoms. The van der Waals surface area contributed by atoms with Gasteiger partial charge in [-0.25, -0.2) is 4.98 Å². The lowest BCUT2D eigenvalue weighted by molar-refractivity contribution is 0.278. The summed E-state index contributed by atoms with van der Waals surface area (Å²) in [6, 6.07) is 1.82. The molecule has 0 bridgehead atoms. The van der Waals surface area contributed by atoms with Gasteiger partial charge in [-0.2, -0.15) is 0 Å². The van der Waals surface area contributed by atoms with Crippen molar-refractivity contribution in [3.05, 3.63) is 22.4 Å². The van der Waals surface area contributed by atoms with E-state index >= 15 is 0 Å². The fourth-order valence-corrected chi connectivity index (χ4v) is 2.27. The lowest BCUT2D eigenvalue weighted by atomic mass is 10.3. The first kappa shape index (κ1) is 9.03. The van der Waals surface area contributed by atoms with Crippen LogP contribution in [-0.4, -0.2) is 16.3 Å². The molecule has 1 aromatic rings. The van der Waals surface area contributed by atoms with Gasteiger partial charge in [-0.1, -0.05) is 0 Å². The van der Waals surface area contributed by atoms with Crippen LogP contribution in [0.2, 0.25) is 0 Å². The summed E-state index contributed by atoms with van der Waals surface area (Å²) in [5.74, 6) is 0. The average molecular weight is 234 g/mol. The van der Waals surface area contributed by atoms with Gasteiger partial charge >= 0.3 is 0 Å². The van der Waals surface area contributed by atoms with Crippen molar-refractivity contribution in [2.75, 3.05) is 6.26 Å². The number of aromatic nitrogens is 1. The van der Waals surface area contributed by atoms with Crippen LogP contribution in [0, 0.1) is 0 Å². The predicted octanol–water partition coefficient (Wildman–Crippen LogP) is 2.06. The minimum atomic E-state index is 0.0668. The molecule has 0 amide bonds. The van der Waals surface area contributed by atoms with Crippen LogP contribution in [0.4, 0.5) is 0 Å². The fourth-order valence-electron chi connectivity index (χ4n) is 0.799. The van der Waals surface area contributed by atoms with Crippen LogP contribution >= 0.6 is 27.7 Å². The van der Waals surface area contributed by atoms with Gasteiger partial charge in [0.05, 0.1) is 6.61 Å². The molecule has 0 saturated heterocycles. The highest BCUT2D eigenvalue weighted by Gasteiger charge is 2.04. The molecule has 0 aliphatic rings. The van der Waals surface area contributed by atoms with Crippen molar-refractivity contribution in [1.29, 1.82) is 0 Å². The second kappa shape index (κ2) is 4.09. The molecule has 1 N–H and O–H groups in total. The summed E-state index contributed by atoms with van der Waals surface area (Å²) in [6.45, 7) is 0.0668. The molecular formula is C7H8BrNOS. The Bertz CT molecular complexity index is 254. The van der Waals surface area contributed by atoms with Crippen molar-refractivity contribution in [3.8, 4) is 0 Å². The Labute approximate surface area is 78.2 Å². The quantitative estimate of drug-likeness (QED) is 0.628. The molecule has 1 heterocycles. The van der Waals surface area contributed by atoms with Crippen LogP contribution in [0.5, 0.6) is 0 Å². The van der Waals surface area contributed by atoms with Gasteiger partial charge in [0.25, 0.3) is 0 Å². The first-order valence-electron chi connectivity index (χ1n) is 3.07. The van der Waals surface area contributed by atoms with Crippen LogP contribution < -0.4 is 0 Å². The zero-order valence-electron chi connectivity index (χ0n) is 6.04. The number of aliphatic hydroxyl groups excluding tert-OH is 1. The Balaban J connectivity index is 3.13. The van der Waals surface area contributed by atoms with Crippen molar-refractivity contribution in [3.63, 3.8) is 0 Å². The standard InChI is InChI=1S/C7H8BrNOS/c1-11-6-5(4-10)2-3-9-7(6)8/h2-3,10H,4H2,1H3. The summed E-state index contributed by atoms with van der Waals surface area (Å²) < 4.78 is 0.802. The van der Waals surface area contributed by atoms with Gasteiger partial charge in [-0.05, 0) is 33.8 Å². The van der Waals surface area contributed by atoms with Crippen molar-refractivity contribution in [2.24, 2.45) is 0 Å². The Morgan fingerprint density at radius 2 is 2.45 bits per heavy atom. The summed E-state index contributed by atoms with van der Waals surface area (Å²) in [5.41, 5.74) is 0.916. The normalized spacial score (nSPS) is 10.1. The van der Waals surface area contributed by atoms with Crippen LogP contribution in [0.1, 0.15) is 5.56 Å². The SMILES string of the molecule is CSc1c(CO)ccnc1Br. The molecule has 1 aromatic heterocycles. The molecule has 1 rings (SSSR count). The zero-order chi connectivity index (χ0) is 8.27. The summed E-state index contributed by atoms with van der Waals surface area (Å²) >= 11 is 4.88. The van der Waals surface area contributed by atoms with Gasteiger partial charge in [0, 0.05) is 11.1 Å². The van der Waals surface area contributed by atoms with E-state index < -0.39 is 0 Å². The first-order valence-corrected chi connectivity index (χ1v) is 5.09. The highest BCUT2D eigenvalue weighted by molar-refractivity contribution is 9.10. The van der Waals surface area contributed by atoms with Crippen molar-refractivity contribution in [2.45, 2.75) is 11.5 Å². The molecule has 0 saturated carbocycles. The van der Waals surface area contributed by atoms with Crippen LogP contribution in [0.15, 0.2) is 21.8 Å². The molecule has 0 atom stereocenters. The second-order valence-corrected chi connectivity index (χ2v) is 3.52. The van der Waals surface area contributed by atoms with Crippen LogP contribution in [-0.2, 0) is 6.61 Å². The van der Waals surface area contributed by atoms with Crippen molar-refractivity contribution in [1.82, 2.24) is 4.98 Å². The highest BCUT2D eigenvalue weighted by atomic mass is 79.9. The molecular weight excluding hydrogens is 226 g/mol. The molecule has 0 aliphatic heterocycles. The second-order valence-electron chi connectivity index (χ2n) is 1.95. The van der Waals surface area contributed by atoms with Gasteiger partial charge in [-0.3, -0.25) is 0 Å². The number of nitrogens with zero attached hydrogens (tertiary/aromatic N) is 1. The summed E-state index contributed by atoms with van der Waals surface area (Å²) in [4.78, 5) is 5.05. The third kappa shape index (κ3) is 1.95. The number of halogens is 1. The number of hydrogen-bond donors (Lipinski definition) is 1. The van der Waals surface area contributed by atoms with Gasteiger partial charge in [0.2, 0.25) is 0 Å². The number of rotatable bonds is 2. The van der Waals surface area contributed by atoms with Crippen molar-refractivity contribution < 1.29 is 5.11 Å². The number of thioether (sulfide) groups is 1. The number of pyridine rings is 1. The van der Waals surface area contributed by atoms with E-state index in [4.69, 9.17) is 5.11 Å². The summed E-state index contributed by atoms with van der Waals surface area (Å²) in [5, 5.41) is 8.91. The molecule has 0 spiro atoms. The van der Waals surface area contributed by atoms with E-state index in [0.29, 0.717) is 0 Å². The van der Waals surface area contributed by atoms with E-state index in [1.807, 2.05) is 12.3 Å². The largest absolute Gasteiger partial charge is 0.392 e. The van der Waals surface area contributed by atoms with E-state index in [-0.39, 0.29) is 6.61 Å². The van der Waals surface area contributed by atoms with E-state index in [1.54, 1.807) is 18.0 Å².